The summed E-state index contributed by atoms with van der Waals surface area (Å²) in [5, 5.41) is 24.3. The summed E-state index contributed by atoms with van der Waals surface area (Å²) in [6.07, 6.45) is 0. The lowest BCUT2D eigenvalue weighted by molar-refractivity contribution is 0.567. The largest absolute Gasteiger partial charge is 0.318 e. The van der Waals surface area contributed by atoms with Gasteiger partial charge in [0.25, 0.3) is 5.56 Å². The van der Waals surface area contributed by atoms with E-state index in [-0.39, 0.29) is 5.56 Å². The molecule has 0 fully saturated rings. The van der Waals surface area contributed by atoms with E-state index >= 15 is 0 Å². The Labute approximate surface area is 155 Å². The smallest absolute Gasteiger partial charge is 0.288 e. The number of halogens is 1. The van der Waals surface area contributed by atoms with Crippen molar-refractivity contribution in [3.63, 3.8) is 0 Å². The fourth-order valence-corrected chi connectivity index (χ4v) is 3.95. The molecule has 0 amide bonds. The van der Waals surface area contributed by atoms with Crippen LogP contribution in [0.25, 0.3) is 10.6 Å². The molecule has 0 spiro atoms. The van der Waals surface area contributed by atoms with Gasteiger partial charge < -0.3 is 5.32 Å². The zero-order chi connectivity index (χ0) is 17.7. The summed E-state index contributed by atoms with van der Waals surface area (Å²) in [4.78, 5) is 13.4. The average Bonchev–Trinajstić information content (AvgIpc) is 3.33. The number of thiophene rings is 1. The van der Waals surface area contributed by atoms with Gasteiger partial charge in [-0.15, -0.1) is 11.3 Å². The lowest BCUT2D eigenvalue weighted by Gasteiger charge is -2.27. The van der Waals surface area contributed by atoms with Crippen molar-refractivity contribution in [1.29, 1.82) is 0 Å². The van der Waals surface area contributed by atoms with Gasteiger partial charge in [-0.05, 0) is 39.6 Å². The Balaban J connectivity index is 1.83. The van der Waals surface area contributed by atoms with Gasteiger partial charge in [0.2, 0.25) is 5.95 Å². The van der Waals surface area contributed by atoms with E-state index < -0.39 is 6.04 Å². The Morgan fingerprint density at radius 1 is 1.19 bits per heavy atom. The number of hydrogen-bond donors (Lipinski definition) is 2. The molecule has 0 bridgehead atoms. The fraction of sp³-hybridized carbons (Fsp3) is 0.0625. The second kappa shape index (κ2) is 5.75. The molecule has 8 nitrogen and oxygen atoms in total. The van der Waals surface area contributed by atoms with Gasteiger partial charge in [-0.1, -0.05) is 34.9 Å². The second-order valence-electron chi connectivity index (χ2n) is 5.69. The second-order valence-corrected chi connectivity index (χ2v) is 7.08. The first kappa shape index (κ1) is 15.2. The lowest BCUT2D eigenvalue weighted by Crippen LogP contribution is -2.29. The van der Waals surface area contributed by atoms with Crippen molar-refractivity contribution in [2.75, 3.05) is 5.32 Å². The summed E-state index contributed by atoms with van der Waals surface area (Å²) in [5.74, 6) is 0.395. The molecule has 4 heterocycles. The van der Waals surface area contributed by atoms with Gasteiger partial charge in [0.15, 0.2) is 0 Å². The lowest BCUT2D eigenvalue weighted by atomic mass is 9.94. The van der Waals surface area contributed by atoms with Gasteiger partial charge in [-0.25, -0.2) is 5.10 Å². The Hall–Kier alpha value is -3.04. The average molecular weight is 384 g/mol. The van der Waals surface area contributed by atoms with Gasteiger partial charge in [0.1, 0.15) is 17.4 Å². The van der Waals surface area contributed by atoms with Crippen molar-refractivity contribution >= 4 is 34.6 Å². The number of H-pyrrole nitrogens is 1. The van der Waals surface area contributed by atoms with E-state index in [4.69, 9.17) is 11.6 Å². The monoisotopic (exact) mass is 383 g/mol. The van der Waals surface area contributed by atoms with E-state index in [9.17, 15) is 4.79 Å². The van der Waals surface area contributed by atoms with Gasteiger partial charge in [-0.2, -0.15) is 9.78 Å². The van der Waals surface area contributed by atoms with Crippen molar-refractivity contribution in [2.45, 2.75) is 6.04 Å². The van der Waals surface area contributed by atoms with Crippen LogP contribution in [0.4, 0.5) is 11.6 Å². The van der Waals surface area contributed by atoms with Crippen LogP contribution >= 0.6 is 22.9 Å². The first-order valence-corrected chi connectivity index (χ1v) is 8.95. The summed E-state index contributed by atoms with van der Waals surface area (Å²) < 4.78 is 1.64. The molecule has 1 aromatic carbocycles. The zero-order valence-corrected chi connectivity index (χ0v) is 14.6. The molecule has 3 aromatic heterocycles. The van der Waals surface area contributed by atoms with E-state index in [2.05, 4.69) is 31.0 Å². The summed E-state index contributed by atoms with van der Waals surface area (Å²) in [6.45, 7) is 0. The Morgan fingerprint density at radius 3 is 2.81 bits per heavy atom. The van der Waals surface area contributed by atoms with Crippen LogP contribution in [0.1, 0.15) is 17.2 Å². The van der Waals surface area contributed by atoms with E-state index in [1.807, 2.05) is 29.6 Å². The van der Waals surface area contributed by atoms with Crippen LogP contribution in [-0.2, 0) is 0 Å². The van der Waals surface area contributed by atoms with Crippen molar-refractivity contribution in [2.24, 2.45) is 0 Å². The Morgan fingerprint density at radius 2 is 2.04 bits per heavy atom. The van der Waals surface area contributed by atoms with Crippen LogP contribution in [0.15, 0.2) is 46.6 Å². The molecule has 5 rings (SSSR count). The van der Waals surface area contributed by atoms with Crippen LogP contribution in [0, 0.1) is 0 Å². The maximum atomic E-state index is 12.5. The first-order chi connectivity index (χ1) is 12.7. The van der Waals surface area contributed by atoms with Gasteiger partial charge in [0, 0.05) is 10.6 Å². The molecule has 1 aliphatic heterocycles. The molecular weight excluding hydrogens is 374 g/mol. The molecule has 4 aromatic rings. The molecule has 0 unspecified atom stereocenters. The quantitative estimate of drug-likeness (QED) is 0.486. The third-order valence-corrected chi connectivity index (χ3v) is 5.34. The number of anilines is 2. The topological polar surface area (TPSA) is 101 Å². The molecule has 26 heavy (non-hydrogen) atoms. The minimum Gasteiger partial charge on any atom is -0.318 e. The highest BCUT2D eigenvalue weighted by Crippen LogP contribution is 2.41. The zero-order valence-electron chi connectivity index (χ0n) is 13.0. The van der Waals surface area contributed by atoms with Gasteiger partial charge >= 0.3 is 0 Å². The highest BCUT2D eigenvalue weighted by molar-refractivity contribution is 7.13. The number of tetrazole rings is 1. The number of fused-ring (bicyclic) bond motifs is 2. The molecule has 0 radical (unpaired) electrons. The predicted molar refractivity (Wildman–Crippen MR) is 98.0 cm³/mol. The number of benzene rings is 1. The van der Waals surface area contributed by atoms with Crippen LogP contribution in [-0.4, -0.2) is 30.4 Å². The Bertz CT molecular complexity index is 1150. The molecule has 2 N–H and O–H groups in total. The standard InChI is InChI=1S/C16H10ClN7OS/c17-9-5-3-8(4-6-9)14-11-12(10-2-1-7-26-10)19-20-15(25)13(11)18-16-21-22-23-24(14)16/h1-7,14H,(H,20,25)(H,18,21,23)/t14-/m0/s1. The molecule has 0 aliphatic carbocycles. The van der Waals surface area contributed by atoms with Crippen molar-refractivity contribution < 1.29 is 0 Å². The maximum Gasteiger partial charge on any atom is 0.288 e. The Kier molecular flexibility index (Phi) is 3.37. The van der Waals surface area contributed by atoms with Crippen molar-refractivity contribution in [3.8, 4) is 10.6 Å². The number of rotatable bonds is 2. The van der Waals surface area contributed by atoms with E-state index in [1.54, 1.807) is 28.2 Å². The number of hydrogen-bond acceptors (Lipinski definition) is 7. The number of aromatic nitrogens is 6. The van der Waals surface area contributed by atoms with Gasteiger partial charge in [0.05, 0.1) is 4.88 Å². The highest BCUT2D eigenvalue weighted by atomic mass is 35.5. The summed E-state index contributed by atoms with van der Waals surface area (Å²) in [5.41, 5.74) is 2.37. The normalized spacial score (nSPS) is 15.2. The van der Waals surface area contributed by atoms with Gasteiger partial charge in [-0.3, -0.25) is 4.79 Å². The van der Waals surface area contributed by atoms with E-state index in [1.165, 1.54) is 0 Å². The molecule has 0 saturated carbocycles. The molecular formula is C16H10ClN7OS. The minimum absolute atomic E-state index is 0.325. The van der Waals surface area contributed by atoms with Crippen molar-refractivity contribution in [3.05, 3.63) is 68.3 Å². The molecule has 10 heteroatoms. The number of nitrogens with one attached hydrogen (secondary N) is 2. The third kappa shape index (κ3) is 2.25. The van der Waals surface area contributed by atoms with Crippen LogP contribution in [0.3, 0.4) is 0 Å². The van der Waals surface area contributed by atoms with Crippen LogP contribution in [0.5, 0.6) is 0 Å². The predicted octanol–water partition coefficient (Wildman–Crippen LogP) is 2.83. The SMILES string of the molecule is O=c1[nH]nc(-c2cccs2)c2c1Nc1nnnn1[C@H]2c1ccc(Cl)cc1. The molecule has 1 atom stereocenters. The fourth-order valence-electron chi connectivity index (χ4n) is 3.09. The van der Waals surface area contributed by atoms with Crippen molar-refractivity contribution in [1.82, 2.24) is 30.4 Å². The summed E-state index contributed by atoms with van der Waals surface area (Å²) >= 11 is 7.59. The summed E-state index contributed by atoms with van der Waals surface area (Å²) in [7, 11) is 0. The number of aromatic amines is 1. The highest BCUT2D eigenvalue weighted by Gasteiger charge is 2.34. The number of nitrogens with zero attached hydrogens (tertiary/aromatic N) is 5. The summed E-state index contributed by atoms with van der Waals surface area (Å²) in [6, 6.07) is 10.9. The first-order valence-electron chi connectivity index (χ1n) is 7.69. The molecule has 0 saturated heterocycles. The molecule has 128 valence electrons. The molecule has 1 aliphatic rings. The minimum atomic E-state index is -0.402. The van der Waals surface area contributed by atoms with E-state index in [0.717, 1.165) is 16.0 Å². The van der Waals surface area contributed by atoms with Crippen LogP contribution < -0.4 is 10.9 Å². The van der Waals surface area contributed by atoms with E-state index in [0.29, 0.717) is 22.4 Å². The maximum absolute atomic E-state index is 12.5. The third-order valence-electron chi connectivity index (χ3n) is 4.21. The van der Waals surface area contributed by atoms with Crippen LogP contribution in [0.2, 0.25) is 5.02 Å².